The average molecular weight is 354 g/mol. The van der Waals surface area contributed by atoms with Crippen molar-refractivity contribution < 1.29 is 18.3 Å². The molecule has 0 fully saturated rings. The summed E-state index contributed by atoms with van der Waals surface area (Å²) >= 11 is -2.32. The monoisotopic (exact) mass is 354 g/mol. The van der Waals surface area contributed by atoms with Crippen molar-refractivity contribution in [3.63, 3.8) is 0 Å². The summed E-state index contributed by atoms with van der Waals surface area (Å²) in [4.78, 5) is 12.6. The highest BCUT2D eigenvalue weighted by atomic mass is 32.2. The van der Waals surface area contributed by atoms with E-state index in [2.05, 4.69) is 5.32 Å². The van der Waals surface area contributed by atoms with Crippen LogP contribution in [0.3, 0.4) is 0 Å². The summed E-state index contributed by atoms with van der Waals surface area (Å²) in [6.07, 6.45) is 0.151. The maximum atomic E-state index is 12.3. The molecule has 0 saturated carbocycles. The van der Waals surface area contributed by atoms with E-state index in [1.807, 2.05) is 12.1 Å². The number of hydrogen-bond donors (Lipinski definition) is 1. The number of carbonyl (C=O) groups excluding carboxylic acids is 1. The molecular formula is C19H16NO4S-. The molecule has 25 heavy (non-hydrogen) atoms. The molecule has 3 aromatic carbocycles. The Morgan fingerprint density at radius 1 is 1.04 bits per heavy atom. The van der Waals surface area contributed by atoms with Crippen molar-refractivity contribution in [3.05, 3.63) is 66.2 Å². The summed E-state index contributed by atoms with van der Waals surface area (Å²) in [7, 11) is 1.58. The highest BCUT2D eigenvalue weighted by Crippen LogP contribution is 2.25. The van der Waals surface area contributed by atoms with Gasteiger partial charge in [0, 0.05) is 10.6 Å². The molecule has 0 heterocycles. The van der Waals surface area contributed by atoms with Gasteiger partial charge in [-0.1, -0.05) is 30.3 Å². The first-order chi connectivity index (χ1) is 12.1. The van der Waals surface area contributed by atoms with Gasteiger partial charge in [0.2, 0.25) is 5.91 Å². The predicted molar refractivity (Wildman–Crippen MR) is 96.5 cm³/mol. The fourth-order valence-corrected chi connectivity index (χ4v) is 3.25. The van der Waals surface area contributed by atoms with Crippen LogP contribution < -0.4 is 10.1 Å². The van der Waals surface area contributed by atoms with E-state index in [4.69, 9.17) is 4.74 Å². The minimum absolute atomic E-state index is 0.151. The molecule has 0 aliphatic carbocycles. The normalized spacial score (nSPS) is 11.9. The number of methoxy groups -OCH3 is 1. The Labute approximate surface area is 147 Å². The number of nitrogens with one attached hydrogen (secondary N) is 1. The van der Waals surface area contributed by atoms with Crippen LogP contribution in [0.2, 0.25) is 0 Å². The first-order valence-corrected chi connectivity index (χ1v) is 8.70. The Kier molecular flexibility index (Phi) is 5.11. The molecule has 0 radical (unpaired) electrons. The number of benzene rings is 3. The quantitative estimate of drug-likeness (QED) is 0.713. The van der Waals surface area contributed by atoms with Gasteiger partial charge < -0.3 is 14.6 Å². The molecule has 128 valence electrons. The number of ether oxygens (including phenoxy) is 1. The van der Waals surface area contributed by atoms with E-state index in [1.54, 1.807) is 55.6 Å². The Morgan fingerprint density at radius 2 is 1.72 bits per heavy atom. The van der Waals surface area contributed by atoms with Crippen LogP contribution in [0.4, 0.5) is 5.69 Å². The maximum absolute atomic E-state index is 12.3. The SMILES string of the molecule is COc1ccc(NC(=O)Cc2cccc3c(S(=O)[O-])cccc23)cc1. The second-order valence-electron chi connectivity index (χ2n) is 5.46. The lowest BCUT2D eigenvalue weighted by atomic mass is 10.0. The summed E-state index contributed by atoms with van der Waals surface area (Å²) in [5.74, 6) is 0.538. The smallest absolute Gasteiger partial charge is 0.228 e. The minimum Gasteiger partial charge on any atom is -0.768 e. The molecule has 1 atom stereocenters. The van der Waals surface area contributed by atoms with E-state index in [0.29, 0.717) is 16.8 Å². The van der Waals surface area contributed by atoms with Crippen LogP contribution in [0, 0.1) is 0 Å². The number of rotatable bonds is 5. The molecule has 0 spiro atoms. The molecular weight excluding hydrogens is 338 g/mol. The lowest BCUT2D eigenvalue weighted by molar-refractivity contribution is -0.115. The maximum Gasteiger partial charge on any atom is 0.228 e. The van der Waals surface area contributed by atoms with E-state index in [0.717, 1.165) is 10.9 Å². The summed E-state index contributed by atoms with van der Waals surface area (Å²) in [5.41, 5.74) is 1.45. The van der Waals surface area contributed by atoms with Gasteiger partial charge in [0.1, 0.15) is 5.75 Å². The molecule has 6 heteroatoms. The van der Waals surface area contributed by atoms with Crippen LogP contribution in [-0.2, 0) is 22.3 Å². The van der Waals surface area contributed by atoms with Gasteiger partial charge in [-0.25, -0.2) is 0 Å². The summed E-state index contributed by atoms with van der Waals surface area (Å²) < 4.78 is 27.8. The summed E-state index contributed by atoms with van der Waals surface area (Å²) in [5, 5.41) is 4.20. The number of fused-ring (bicyclic) bond motifs is 1. The van der Waals surface area contributed by atoms with E-state index in [-0.39, 0.29) is 17.2 Å². The van der Waals surface area contributed by atoms with Gasteiger partial charge in [-0.05, 0) is 57.7 Å². The van der Waals surface area contributed by atoms with Crippen molar-refractivity contribution in [2.45, 2.75) is 11.3 Å². The van der Waals surface area contributed by atoms with Crippen LogP contribution in [0.1, 0.15) is 5.56 Å². The van der Waals surface area contributed by atoms with E-state index in [9.17, 15) is 13.6 Å². The van der Waals surface area contributed by atoms with Crippen LogP contribution in [0.15, 0.2) is 65.6 Å². The third-order valence-electron chi connectivity index (χ3n) is 3.88. The van der Waals surface area contributed by atoms with Gasteiger partial charge in [0.05, 0.1) is 13.5 Å². The van der Waals surface area contributed by atoms with Crippen molar-refractivity contribution in [1.29, 1.82) is 0 Å². The molecule has 5 nitrogen and oxygen atoms in total. The van der Waals surface area contributed by atoms with Gasteiger partial charge in [-0.2, -0.15) is 0 Å². The average Bonchev–Trinajstić information content (AvgIpc) is 2.62. The number of hydrogen-bond acceptors (Lipinski definition) is 4. The number of anilines is 1. The van der Waals surface area contributed by atoms with E-state index < -0.39 is 11.1 Å². The van der Waals surface area contributed by atoms with E-state index in [1.165, 1.54) is 0 Å². The fourth-order valence-electron chi connectivity index (χ4n) is 2.70. The summed E-state index contributed by atoms with van der Waals surface area (Å²) in [6.45, 7) is 0. The van der Waals surface area contributed by atoms with Gasteiger partial charge in [0.15, 0.2) is 0 Å². The highest BCUT2D eigenvalue weighted by Gasteiger charge is 2.10. The van der Waals surface area contributed by atoms with Gasteiger partial charge >= 0.3 is 0 Å². The molecule has 0 aliphatic heterocycles. The topological polar surface area (TPSA) is 78.5 Å². The largest absolute Gasteiger partial charge is 0.768 e. The molecule has 3 aromatic rings. The fraction of sp³-hybridized carbons (Fsp3) is 0.105. The predicted octanol–water partition coefficient (Wildman–Crippen LogP) is 3.27. The molecule has 1 amide bonds. The molecule has 0 saturated heterocycles. The Hall–Kier alpha value is -2.70. The second kappa shape index (κ2) is 7.46. The Morgan fingerprint density at radius 3 is 2.40 bits per heavy atom. The van der Waals surface area contributed by atoms with Crippen LogP contribution in [0.25, 0.3) is 10.8 Å². The van der Waals surface area contributed by atoms with Crippen molar-refractivity contribution in [3.8, 4) is 5.75 Å². The van der Waals surface area contributed by atoms with Crippen molar-refractivity contribution in [1.82, 2.24) is 0 Å². The van der Waals surface area contributed by atoms with Gasteiger partial charge in [-0.15, -0.1) is 0 Å². The first kappa shape index (κ1) is 17.1. The van der Waals surface area contributed by atoms with Gasteiger partial charge in [-0.3, -0.25) is 9.00 Å². The molecule has 0 aromatic heterocycles. The van der Waals surface area contributed by atoms with Gasteiger partial charge in [0.25, 0.3) is 0 Å². The zero-order chi connectivity index (χ0) is 17.8. The van der Waals surface area contributed by atoms with Crippen LogP contribution in [-0.4, -0.2) is 21.8 Å². The minimum atomic E-state index is -2.32. The number of amides is 1. The van der Waals surface area contributed by atoms with Crippen LogP contribution in [0.5, 0.6) is 5.75 Å². The third kappa shape index (κ3) is 3.87. The third-order valence-corrected chi connectivity index (χ3v) is 4.59. The summed E-state index contributed by atoms with van der Waals surface area (Å²) in [6, 6.07) is 17.4. The molecule has 1 N–H and O–H groups in total. The van der Waals surface area contributed by atoms with Crippen molar-refractivity contribution in [2.75, 3.05) is 12.4 Å². The zero-order valence-corrected chi connectivity index (χ0v) is 14.3. The molecule has 1 unspecified atom stereocenters. The zero-order valence-electron chi connectivity index (χ0n) is 13.5. The second-order valence-corrected chi connectivity index (χ2v) is 6.37. The number of carbonyl (C=O) groups is 1. The highest BCUT2D eigenvalue weighted by molar-refractivity contribution is 7.79. The lowest BCUT2D eigenvalue weighted by Gasteiger charge is -2.12. The Bertz CT molecular complexity index is 938. The van der Waals surface area contributed by atoms with Crippen molar-refractivity contribution >= 4 is 33.4 Å². The molecule has 3 rings (SSSR count). The standard InChI is InChI=1S/C19H17NO4S/c1-24-15-10-8-14(9-11-15)20-19(21)12-13-4-2-6-17-16(13)5-3-7-18(17)25(22)23/h2-11H,12H2,1H3,(H,20,21)(H,22,23)/p-1. The van der Waals surface area contributed by atoms with Crippen molar-refractivity contribution in [2.24, 2.45) is 0 Å². The molecule has 0 aliphatic rings. The van der Waals surface area contributed by atoms with Crippen LogP contribution >= 0.6 is 0 Å². The lowest BCUT2D eigenvalue weighted by Crippen LogP contribution is -2.14. The molecule has 0 bridgehead atoms. The van der Waals surface area contributed by atoms with E-state index >= 15 is 0 Å². The first-order valence-electron chi connectivity index (χ1n) is 7.62. The Balaban J connectivity index is 1.83.